The van der Waals surface area contributed by atoms with Gasteiger partial charge < -0.3 is 10.0 Å². The molecule has 3 nitrogen and oxygen atoms in total. The maximum atomic E-state index is 11.2. The Kier molecular flexibility index (Phi) is 3.34. The Morgan fingerprint density at radius 1 is 1.47 bits per heavy atom. The second-order valence-electron chi connectivity index (χ2n) is 4.35. The number of anilines is 1. The number of carboxylic acids is 1. The predicted molar refractivity (Wildman–Crippen MR) is 67.2 cm³/mol. The summed E-state index contributed by atoms with van der Waals surface area (Å²) in [7, 11) is 0. The molecule has 3 heteroatoms. The molecule has 1 saturated carbocycles. The second kappa shape index (κ2) is 4.92. The Hall–Kier alpha value is -1.95. The number of terminal acetylenes is 1. The quantitative estimate of drug-likeness (QED) is 0.787. The Labute approximate surface area is 101 Å². The highest BCUT2D eigenvalue weighted by Gasteiger charge is 2.25. The number of rotatable bonds is 5. The van der Waals surface area contributed by atoms with Crippen molar-refractivity contribution in [1.82, 2.24) is 0 Å². The first kappa shape index (κ1) is 11.5. The predicted octanol–water partition coefficient (Wildman–Crippen LogP) is 2.23. The molecule has 88 valence electrons. The van der Waals surface area contributed by atoms with Gasteiger partial charge in [0.2, 0.25) is 0 Å². The molecular weight excluding hydrogens is 214 g/mol. The zero-order valence-electron chi connectivity index (χ0n) is 9.60. The monoisotopic (exact) mass is 229 g/mol. The zero-order valence-corrected chi connectivity index (χ0v) is 9.60. The zero-order chi connectivity index (χ0) is 12.3. The highest BCUT2D eigenvalue weighted by atomic mass is 16.4. The number of carbonyl (C=O) groups is 1. The molecule has 17 heavy (non-hydrogen) atoms. The Morgan fingerprint density at radius 2 is 2.18 bits per heavy atom. The van der Waals surface area contributed by atoms with E-state index in [9.17, 15) is 4.79 Å². The van der Waals surface area contributed by atoms with Crippen LogP contribution < -0.4 is 4.90 Å². The van der Waals surface area contributed by atoms with E-state index < -0.39 is 5.97 Å². The van der Waals surface area contributed by atoms with E-state index in [4.69, 9.17) is 11.5 Å². The third-order valence-corrected chi connectivity index (χ3v) is 2.93. The van der Waals surface area contributed by atoms with Gasteiger partial charge >= 0.3 is 5.97 Å². The minimum absolute atomic E-state index is 0.323. The van der Waals surface area contributed by atoms with Crippen LogP contribution in [-0.2, 0) is 0 Å². The van der Waals surface area contributed by atoms with Crippen molar-refractivity contribution in [2.24, 2.45) is 5.92 Å². The molecule has 0 saturated heterocycles. The molecule has 0 aromatic heterocycles. The third-order valence-electron chi connectivity index (χ3n) is 2.93. The molecule has 0 heterocycles. The molecule has 0 atom stereocenters. The number of para-hydroxylation sites is 1. The lowest BCUT2D eigenvalue weighted by Gasteiger charge is -2.23. The minimum Gasteiger partial charge on any atom is -0.478 e. The van der Waals surface area contributed by atoms with Crippen molar-refractivity contribution >= 4 is 11.7 Å². The average molecular weight is 229 g/mol. The van der Waals surface area contributed by atoms with Crippen LogP contribution in [0.2, 0.25) is 0 Å². The van der Waals surface area contributed by atoms with Gasteiger partial charge in [-0.05, 0) is 30.9 Å². The Morgan fingerprint density at radius 3 is 2.76 bits per heavy atom. The topological polar surface area (TPSA) is 40.5 Å². The summed E-state index contributed by atoms with van der Waals surface area (Å²) in [5.74, 6) is 2.37. The second-order valence-corrected chi connectivity index (χ2v) is 4.35. The van der Waals surface area contributed by atoms with Gasteiger partial charge in [-0.3, -0.25) is 0 Å². The highest BCUT2D eigenvalue weighted by molar-refractivity contribution is 5.94. The normalized spacial score (nSPS) is 14.1. The number of aromatic carboxylic acids is 1. The van der Waals surface area contributed by atoms with Crippen molar-refractivity contribution in [3.05, 3.63) is 29.8 Å². The van der Waals surface area contributed by atoms with Crippen LogP contribution in [0.3, 0.4) is 0 Å². The molecular formula is C14H15NO2. The fourth-order valence-electron chi connectivity index (χ4n) is 1.90. The van der Waals surface area contributed by atoms with Gasteiger partial charge in [-0.15, -0.1) is 6.42 Å². The van der Waals surface area contributed by atoms with Gasteiger partial charge in [0, 0.05) is 6.54 Å². The Balaban J connectivity index is 2.27. The van der Waals surface area contributed by atoms with E-state index in [0.717, 1.165) is 12.2 Å². The number of carboxylic acid groups (broad SMARTS) is 1. The van der Waals surface area contributed by atoms with Crippen molar-refractivity contribution in [2.45, 2.75) is 12.8 Å². The molecule has 2 rings (SSSR count). The van der Waals surface area contributed by atoms with Crippen LogP contribution in [0.1, 0.15) is 23.2 Å². The lowest BCUT2D eigenvalue weighted by atomic mass is 10.1. The highest BCUT2D eigenvalue weighted by Crippen LogP contribution is 2.32. The van der Waals surface area contributed by atoms with Gasteiger partial charge in [0.25, 0.3) is 0 Å². The van der Waals surface area contributed by atoms with Crippen LogP contribution in [0.4, 0.5) is 5.69 Å². The van der Waals surface area contributed by atoms with Crippen LogP contribution in [0.15, 0.2) is 24.3 Å². The van der Waals surface area contributed by atoms with E-state index in [0.29, 0.717) is 18.0 Å². The SMILES string of the molecule is C#CCN(CC1CC1)c1ccccc1C(=O)O. The molecule has 0 aliphatic heterocycles. The van der Waals surface area contributed by atoms with E-state index >= 15 is 0 Å². The number of nitrogens with zero attached hydrogens (tertiary/aromatic N) is 1. The van der Waals surface area contributed by atoms with Crippen molar-refractivity contribution < 1.29 is 9.90 Å². The Bertz CT molecular complexity index is 458. The molecule has 1 aliphatic carbocycles. The van der Waals surface area contributed by atoms with Crippen molar-refractivity contribution in [1.29, 1.82) is 0 Å². The first-order valence-corrected chi connectivity index (χ1v) is 5.73. The van der Waals surface area contributed by atoms with Gasteiger partial charge in [0.15, 0.2) is 0 Å². The van der Waals surface area contributed by atoms with Gasteiger partial charge in [0.1, 0.15) is 0 Å². The van der Waals surface area contributed by atoms with Crippen LogP contribution in [0.25, 0.3) is 0 Å². The number of hydrogen-bond donors (Lipinski definition) is 1. The summed E-state index contributed by atoms with van der Waals surface area (Å²) in [4.78, 5) is 13.1. The van der Waals surface area contributed by atoms with Crippen LogP contribution >= 0.6 is 0 Å². The fraction of sp³-hybridized carbons (Fsp3) is 0.357. The van der Waals surface area contributed by atoms with E-state index in [1.165, 1.54) is 12.8 Å². The number of hydrogen-bond acceptors (Lipinski definition) is 2. The molecule has 1 N–H and O–H groups in total. The van der Waals surface area contributed by atoms with Crippen LogP contribution in [0.5, 0.6) is 0 Å². The average Bonchev–Trinajstić information content (AvgIpc) is 3.12. The van der Waals surface area contributed by atoms with Gasteiger partial charge in [0.05, 0.1) is 17.8 Å². The van der Waals surface area contributed by atoms with Crippen LogP contribution in [0, 0.1) is 18.3 Å². The molecule has 1 fully saturated rings. The summed E-state index contributed by atoms with van der Waals surface area (Å²) in [5, 5.41) is 9.15. The van der Waals surface area contributed by atoms with Crippen molar-refractivity contribution in [3.8, 4) is 12.3 Å². The molecule has 0 bridgehead atoms. The number of benzene rings is 1. The lowest BCUT2D eigenvalue weighted by Crippen LogP contribution is -2.27. The van der Waals surface area contributed by atoms with Crippen molar-refractivity contribution in [2.75, 3.05) is 18.0 Å². The first-order valence-electron chi connectivity index (χ1n) is 5.73. The summed E-state index contributed by atoms with van der Waals surface area (Å²) in [6.07, 6.45) is 7.79. The third kappa shape index (κ3) is 2.79. The lowest BCUT2D eigenvalue weighted by molar-refractivity contribution is 0.0697. The molecule has 0 amide bonds. The molecule has 1 aromatic rings. The summed E-state index contributed by atoms with van der Waals surface area (Å²) in [6, 6.07) is 7.02. The molecule has 0 spiro atoms. The van der Waals surface area contributed by atoms with Gasteiger partial charge in [-0.1, -0.05) is 18.1 Å². The molecule has 0 radical (unpaired) electrons. The molecule has 1 aliphatic rings. The van der Waals surface area contributed by atoms with Gasteiger partial charge in [-0.25, -0.2) is 4.79 Å². The fourth-order valence-corrected chi connectivity index (χ4v) is 1.90. The summed E-state index contributed by atoms with van der Waals surface area (Å²) >= 11 is 0. The smallest absolute Gasteiger partial charge is 0.337 e. The first-order chi connectivity index (χ1) is 8.22. The molecule has 0 unspecified atom stereocenters. The summed E-state index contributed by atoms with van der Waals surface area (Å²) in [5.41, 5.74) is 1.05. The largest absolute Gasteiger partial charge is 0.478 e. The van der Waals surface area contributed by atoms with Crippen LogP contribution in [-0.4, -0.2) is 24.2 Å². The van der Waals surface area contributed by atoms with E-state index in [2.05, 4.69) is 5.92 Å². The summed E-state index contributed by atoms with van der Waals surface area (Å²) in [6.45, 7) is 1.31. The summed E-state index contributed by atoms with van der Waals surface area (Å²) < 4.78 is 0. The maximum Gasteiger partial charge on any atom is 0.337 e. The van der Waals surface area contributed by atoms with Crippen molar-refractivity contribution in [3.63, 3.8) is 0 Å². The van der Waals surface area contributed by atoms with E-state index in [1.807, 2.05) is 17.0 Å². The van der Waals surface area contributed by atoms with E-state index in [1.54, 1.807) is 12.1 Å². The van der Waals surface area contributed by atoms with Gasteiger partial charge in [-0.2, -0.15) is 0 Å². The molecule has 1 aromatic carbocycles. The maximum absolute atomic E-state index is 11.2. The standard InChI is InChI=1S/C14H15NO2/c1-2-9-15(10-11-7-8-11)13-6-4-3-5-12(13)14(16)17/h1,3-6,11H,7-10H2,(H,16,17). The minimum atomic E-state index is -0.904. The van der Waals surface area contributed by atoms with E-state index in [-0.39, 0.29) is 0 Å².